The minimum atomic E-state index is -0.850. The van der Waals surface area contributed by atoms with Gasteiger partial charge in [-0.2, -0.15) is 0 Å². The number of aliphatic hydroxyl groups is 1. The number of hydrogen-bond acceptors (Lipinski definition) is 5. The van der Waals surface area contributed by atoms with Crippen molar-refractivity contribution in [2.45, 2.75) is 88.9 Å². The van der Waals surface area contributed by atoms with Crippen molar-refractivity contribution in [2.24, 2.45) is 5.92 Å². The summed E-state index contributed by atoms with van der Waals surface area (Å²) in [5.74, 6) is -0.134. The van der Waals surface area contributed by atoms with Gasteiger partial charge in [0.15, 0.2) is 5.78 Å². The average molecular weight is 546 g/mol. The lowest BCUT2D eigenvalue weighted by Gasteiger charge is -2.52. The fourth-order valence-electron chi connectivity index (χ4n) is 6.81. The number of nitrogens with zero attached hydrogens (tertiary/aromatic N) is 2. The molecule has 3 fully saturated rings. The molecule has 0 radical (unpaired) electrons. The van der Waals surface area contributed by atoms with E-state index in [1.165, 1.54) is 6.42 Å². The molecule has 40 heavy (non-hydrogen) atoms. The molecule has 1 aliphatic carbocycles. The molecular weight excluding hydrogens is 502 g/mol. The molecule has 2 atom stereocenters. The second-order valence-electron chi connectivity index (χ2n) is 11.9. The monoisotopic (exact) mass is 545 g/mol. The summed E-state index contributed by atoms with van der Waals surface area (Å²) in [6.07, 6.45) is 7.24. The zero-order valence-electron chi connectivity index (χ0n) is 23.7. The van der Waals surface area contributed by atoms with Gasteiger partial charge in [0.2, 0.25) is 11.8 Å². The summed E-state index contributed by atoms with van der Waals surface area (Å²) in [6, 6.07) is 16.2. The highest BCUT2D eigenvalue weighted by atomic mass is 16.3. The summed E-state index contributed by atoms with van der Waals surface area (Å²) >= 11 is 0. The number of piperidine rings is 1. The molecule has 7 heteroatoms. The highest BCUT2D eigenvalue weighted by Crippen LogP contribution is 2.36. The predicted octanol–water partition coefficient (Wildman–Crippen LogP) is 4.32. The topological polar surface area (TPSA) is 90.0 Å². The van der Waals surface area contributed by atoms with E-state index in [1.807, 2.05) is 59.5 Å². The van der Waals surface area contributed by atoms with Crippen molar-refractivity contribution in [2.75, 3.05) is 19.6 Å². The van der Waals surface area contributed by atoms with E-state index in [2.05, 4.69) is 17.1 Å². The van der Waals surface area contributed by atoms with Crippen molar-refractivity contribution in [3.05, 3.63) is 71.3 Å². The maximum atomic E-state index is 13.8. The Hall–Kier alpha value is -3.03. The minimum Gasteiger partial charge on any atom is -0.390 e. The summed E-state index contributed by atoms with van der Waals surface area (Å²) in [7, 11) is 0. The van der Waals surface area contributed by atoms with Gasteiger partial charge < -0.3 is 15.3 Å². The van der Waals surface area contributed by atoms with E-state index >= 15 is 0 Å². The van der Waals surface area contributed by atoms with E-state index in [0.29, 0.717) is 43.6 Å². The van der Waals surface area contributed by atoms with Gasteiger partial charge in [-0.3, -0.25) is 19.3 Å². The van der Waals surface area contributed by atoms with Gasteiger partial charge >= 0.3 is 0 Å². The van der Waals surface area contributed by atoms with Gasteiger partial charge in [0.1, 0.15) is 11.6 Å². The zero-order chi connectivity index (χ0) is 28.1. The fraction of sp³-hybridized carbons (Fsp3) is 0.545. The van der Waals surface area contributed by atoms with Gasteiger partial charge in [-0.15, -0.1) is 0 Å². The number of likely N-dealkylation sites (tertiary alicyclic amines) is 1. The first-order valence-electron chi connectivity index (χ1n) is 15.1. The van der Waals surface area contributed by atoms with Crippen LogP contribution in [0.15, 0.2) is 54.6 Å². The fourth-order valence-corrected chi connectivity index (χ4v) is 6.81. The van der Waals surface area contributed by atoms with Gasteiger partial charge in [-0.1, -0.05) is 87.2 Å². The first-order valence-corrected chi connectivity index (χ1v) is 15.1. The van der Waals surface area contributed by atoms with E-state index in [0.717, 1.165) is 50.6 Å². The molecule has 2 N–H and O–H groups in total. The van der Waals surface area contributed by atoms with Crippen LogP contribution < -0.4 is 5.32 Å². The minimum absolute atomic E-state index is 0.0131. The number of rotatable bonds is 9. The second kappa shape index (κ2) is 12.6. The van der Waals surface area contributed by atoms with Crippen LogP contribution in [0.4, 0.5) is 0 Å². The first-order chi connectivity index (χ1) is 19.4. The van der Waals surface area contributed by atoms with Crippen LogP contribution in [0.2, 0.25) is 0 Å². The molecule has 2 aromatic rings. The van der Waals surface area contributed by atoms with Crippen LogP contribution in [0.3, 0.4) is 0 Å². The Balaban J connectivity index is 1.23. The Morgan fingerprint density at radius 1 is 0.975 bits per heavy atom. The third kappa shape index (κ3) is 5.86. The molecule has 1 spiro atoms. The van der Waals surface area contributed by atoms with Crippen LogP contribution in [0.5, 0.6) is 0 Å². The molecule has 0 aromatic heterocycles. The van der Waals surface area contributed by atoms with Crippen molar-refractivity contribution < 1.29 is 19.5 Å². The molecule has 7 nitrogen and oxygen atoms in total. The van der Waals surface area contributed by atoms with Gasteiger partial charge in [-0.05, 0) is 43.6 Å². The number of amides is 2. The Kier molecular flexibility index (Phi) is 9.01. The van der Waals surface area contributed by atoms with Crippen molar-refractivity contribution in [3.8, 4) is 0 Å². The van der Waals surface area contributed by atoms with Crippen LogP contribution in [-0.4, -0.2) is 69.8 Å². The standard InChI is InChI=1S/C33H43N3O4/c1-2-3-20-36-31(39)28(30(38)26-12-8-5-9-13-26)34-32(40)33(36)18-21-35(22-19-33)23-24-14-16-27(17-15-24)29(37)25-10-6-4-7-11-25/h4,6-7,10-11,14-17,26,28,30,38H,2-3,5,8-9,12-13,18-23H2,1H3,(H,34,40). The number of aliphatic hydroxyl groups excluding tert-OH is 1. The number of nitrogens with one attached hydrogen (secondary N) is 1. The lowest BCUT2D eigenvalue weighted by Crippen LogP contribution is -2.75. The van der Waals surface area contributed by atoms with Crippen molar-refractivity contribution in [1.29, 1.82) is 0 Å². The van der Waals surface area contributed by atoms with Gasteiger partial charge in [-0.25, -0.2) is 0 Å². The second-order valence-corrected chi connectivity index (χ2v) is 11.9. The number of carbonyl (C=O) groups is 3. The SMILES string of the molecule is CCCCN1C(=O)C(C(O)C2CCCCC2)NC(=O)C12CCN(Cc1ccc(C(=O)c3ccccc3)cc1)CC2. The molecule has 1 saturated carbocycles. The van der Waals surface area contributed by atoms with Gasteiger partial charge in [0.05, 0.1) is 6.10 Å². The lowest BCUT2D eigenvalue weighted by molar-refractivity contribution is -0.166. The Labute approximate surface area is 237 Å². The zero-order valence-corrected chi connectivity index (χ0v) is 23.7. The van der Waals surface area contributed by atoms with E-state index in [4.69, 9.17) is 0 Å². The van der Waals surface area contributed by atoms with E-state index in [-0.39, 0.29) is 23.5 Å². The molecule has 2 heterocycles. The average Bonchev–Trinajstić information content (AvgIpc) is 3.00. The number of unbranched alkanes of at least 4 members (excludes halogenated alkanes) is 1. The third-order valence-electron chi connectivity index (χ3n) is 9.31. The Morgan fingerprint density at radius 3 is 2.27 bits per heavy atom. The van der Waals surface area contributed by atoms with Crippen LogP contribution >= 0.6 is 0 Å². The van der Waals surface area contributed by atoms with Crippen LogP contribution in [0, 0.1) is 5.92 Å². The maximum absolute atomic E-state index is 13.8. The number of carbonyl (C=O) groups excluding carboxylic acids is 3. The quantitative estimate of drug-likeness (QED) is 0.458. The predicted molar refractivity (Wildman–Crippen MR) is 155 cm³/mol. The molecule has 2 unspecified atom stereocenters. The van der Waals surface area contributed by atoms with Gasteiger partial charge in [0, 0.05) is 37.3 Å². The molecular formula is C33H43N3O4. The highest BCUT2D eigenvalue weighted by Gasteiger charge is 2.55. The van der Waals surface area contributed by atoms with Crippen LogP contribution in [0.25, 0.3) is 0 Å². The largest absolute Gasteiger partial charge is 0.390 e. The molecule has 2 aliphatic heterocycles. The summed E-state index contributed by atoms with van der Waals surface area (Å²) in [6.45, 7) is 4.77. The van der Waals surface area contributed by atoms with Crippen LogP contribution in [0.1, 0.15) is 86.2 Å². The summed E-state index contributed by atoms with van der Waals surface area (Å²) in [5, 5.41) is 14.1. The lowest BCUT2D eigenvalue weighted by atomic mass is 9.78. The number of piperazine rings is 1. The molecule has 2 aromatic carbocycles. The normalized spacial score (nSPS) is 22.8. The first kappa shape index (κ1) is 28.5. The summed E-state index contributed by atoms with van der Waals surface area (Å²) < 4.78 is 0. The van der Waals surface area contributed by atoms with Crippen LogP contribution in [-0.2, 0) is 16.1 Å². The Morgan fingerprint density at radius 2 is 1.62 bits per heavy atom. The van der Waals surface area contributed by atoms with Gasteiger partial charge in [0.25, 0.3) is 0 Å². The molecule has 0 bridgehead atoms. The molecule has 214 valence electrons. The summed E-state index contributed by atoms with van der Waals surface area (Å²) in [5.41, 5.74) is 1.61. The molecule has 2 saturated heterocycles. The summed E-state index contributed by atoms with van der Waals surface area (Å²) in [4.78, 5) is 44.4. The molecule has 2 amide bonds. The molecule has 5 rings (SSSR count). The van der Waals surface area contributed by atoms with Crippen molar-refractivity contribution >= 4 is 17.6 Å². The third-order valence-corrected chi connectivity index (χ3v) is 9.31. The number of ketones is 1. The number of hydrogen-bond donors (Lipinski definition) is 2. The Bertz CT molecular complexity index is 1170. The maximum Gasteiger partial charge on any atom is 0.248 e. The van der Waals surface area contributed by atoms with E-state index in [9.17, 15) is 19.5 Å². The highest BCUT2D eigenvalue weighted by molar-refractivity contribution is 6.09. The number of benzene rings is 2. The van der Waals surface area contributed by atoms with E-state index in [1.54, 1.807) is 0 Å². The molecule has 3 aliphatic rings. The van der Waals surface area contributed by atoms with Crippen molar-refractivity contribution in [1.82, 2.24) is 15.1 Å². The van der Waals surface area contributed by atoms with E-state index < -0.39 is 17.7 Å². The van der Waals surface area contributed by atoms with Crippen molar-refractivity contribution in [3.63, 3.8) is 0 Å². The smallest absolute Gasteiger partial charge is 0.248 e.